The van der Waals surface area contributed by atoms with Crippen molar-refractivity contribution in [1.29, 1.82) is 0 Å². The molecule has 2 aliphatic heterocycles. The lowest BCUT2D eigenvalue weighted by Crippen LogP contribution is -2.44. The summed E-state index contributed by atoms with van der Waals surface area (Å²) in [5, 5.41) is 2.24. The maximum Gasteiger partial charge on any atom is 0.343 e. The van der Waals surface area contributed by atoms with Crippen LogP contribution in [0, 0.1) is 5.82 Å². The highest BCUT2D eigenvalue weighted by molar-refractivity contribution is 5.94. The number of anilines is 1. The van der Waals surface area contributed by atoms with Crippen LogP contribution in [0.1, 0.15) is 28.9 Å². The fourth-order valence-corrected chi connectivity index (χ4v) is 4.50. The van der Waals surface area contributed by atoms with E-state index in [1.807, 2.05) is 34.8 Å². The zero-order valence-electron chi connectivity index (χ0n) is 18.8. The summed E-state index contributed by atoms with van der Waals surface area (Å²) in [6.07, 6.45) is 1.54. The molecule has 0 aliphatic carbocycles. The molecule has 3 aromatic rings. The third kappa shape index (κ3) is 3.95. The lowest BCUT2D eigenvalue weighted by Gasteiger charge is -2.34. The van der Waals surface area contributed by atoms with Crippen molar-refractivity contribution in [3.05, 3.63) is 75.8 Å². The topological polar surface area (TPSA) is 57.8 Å². The van der Waals surface area contributed by atoms with Crippen LogP contribution < -0.4 is 15.3 Å². The molecule has 7 nitrogen and oxygen atoms in total. The third-order valence-corrected chi connectivity index (χ3v) is 6.44. The van der Waals surface area contributed by atoms with Gasteiger partial charge in [-0.1, -0.05) is 30.3 Å². The molecule has 0 spiro atoms. The Kier molecular flexibility index (Phi) is 5.54. The number of esters is 1. The van der Waals surface area contributed by atoms with Gasteiger partial charge < -0.3 is 19.5 Å². The first kappa shape index (κ1) is 21.5. The van der Waals surface area contributed by atoms with Gasteiger partial charge in [0.1, 0.15) is 11.4 Å². The van der Waals surface area contributed by atoms with E-state index in [2.05, 4.69) is 22.0 Å². The van der Waals surface area contributed by atoms with Gasteiger partial charge in [0.2, 0.25) is 5.43 Å². The summed E-state index contributed by atoms with van der Waals surface area (Å²) in [6, 6.07) is 13.2. The van der Waals surface area contributed by atoms with Crippen LogP contribution in [-0.2, 0) is 4.74 Å². The minimum atomic E-state index is -0.695. The number of piperazine rings is 1. The number of benzene rings is 2. The van der Waals surface area contributed by atoms with E-state index in [-0.39, 0.29) is 23.6 Å². The highest BCUT2D eigenvalue weighted by Crippen LogP contribution is 2.35. The van der Waals surface area contributed by atoms with Gasteiger partial charge in [-0.2, -0.15) is 0 Å². The molecule has 1 unspecified atom stereocenters. The maximum absolute atomic E-state index is 15.2. The Labute approximate surface area is 191 Å². The monoisotopic (exact) mass is 450 g/mol. The maximum atomic E-state index is 15.2. The van der Waals surface area contributed by atoms with Gasteiger partial charge >= 0.3 is 5.97 Å². The number of pyridine rings is 1. The largest absolute Gasteiger partial charge is 0.462 e. The molecule has 1 atom stereocenters. The van der Waals surface area contributed by atoms with Crippen molar-refractivity contribution in [2.75, 3.05) is 56.3 Å². The van der Waals surface area contributed by atoms with Crippen LogP contribution in [0.5, 0.6) is 0 Å². The normalized spacial score (nSPS) is 18.6. The van der Waals surface area contributed by atoms with E-state index in [1.54, 1.807) is 13.0 Å². The van der Waals surface area contributed by atoms with Gasteiger partial charge in [-0.05, 0) is 31.7 Å². The third-order valence-electron chi connectivity index (χ3n) is 6.44. The first-order valence-electron chi connectivity index (χ1n) is 11.3. The summed E-state index contributed by atoms with van der Waals surface area (Å²) in [5.41, 5.74) is 1.60. The number of halogens is 1. The summed E-state index contributed by atoms with van der Waals surface area (Å²) in [6.45, 7) is 5.67. The summed E-state index contributed by atoms with van der Waals surface area (Å²) >= 11 is 0. The predicted octanol–water partition coefficient (Wildman–Crippen LogP) is 2.76. The molecule has 2 aromatic carbocycles. The number of hydrogen-bond acceptors (Lipinski definition) is 6. The number of fused-ring (bicyclic) bond motifs is 1. The van der Waals surface area contributed by atoms with Crippen molar-refractivity contribution in [3.63, 3.8) is 0 Å². The van der Waals surface area contributed by atoms with Crippen molar-refractivity contribution in [3.8, 4) is 0 Å². The number of rotatable bonds is 5. The molecular weight excluding hydrogens is 423 g/mol. The van der Waals surface area contributed by atoms with Gasteiger partial charge in [-0.3, -0.25) is 9.47 Å². The Balaban J connectivity index is 1.64. The molecular formula is C25H27FN4O3. The van der Waals surface area contributed by atoms with E-state index in [1.165, 1.54) is 12.3 Å². The smallest absolute Gasteiger partial charge is 0.343 e. The average Bonchev–Trinajstić information content (AvgIpc) is 3.61. The highest BCUT2D eigenvalue weighted by atomic mass is 19.1. The minimum absolute atomic E-state index is 0.0881. The summed E-state index contributed by atoms with van der Waals surface area (Å²) in [4.78, 5) is 29.9. The van der Waals surface area contributed by atoms with Crippen molar-refractivity contribution in [2.24, 2.45) is 0 Å². The molecule has 0 radical (unpaired) electrons. The second-order valence-electron chi connectivity index (χ2n) is 8.60. The number of aromatic nitrogens is 1. The Morgan fingerprint density at radius 3 is 2.55 bits per heavy atom. The first-order valence-corrected chi connectivity index (χ1v) is 11.3. The zero-order valence-corrected chi connectivity index (χ0v) is 18.8. The molecule has 0 N–H and O–H groups in total. The second-order valence-corrected chi connectivity index (χ2v) is 8.60. The summed E-state index contributed by atoms with van der Waals surface area (Å²) < 4.78 is 22.1. The van der Waals surface area contributed by atoms with Crippen LogP contribution >= 0.6 is 0 Å². The van der Waals surface area contributed by atoms with Crippen LogP contribution in [0.15, 0.2) is 53.5 Å². The minimum Gasteiger partial charge on any atom is -0.462 e. The number of ether oxygens (including phenoxy) is 1. The standard InChI is InChI=1S/C25H27FN4O3/c1-3-33-25(32)19-15-29(30-16-23(30)17-7-5-4-6-8-17)21-14-22(20(26)13-18(21)24(19)31)28-11-9-27(2)10-12-28/h4-8,13-15,23H,3,9-12,16H2,1-2H3. The number of likely N-dealkylation sites (N-methyl/N-ethyl adjacent to an activating group) is 1. The summed E-state index contributed by atoms with van der Waals surface area (Å²) in [7, 11) is 2.05. The van der Waals surface area contributed by atoms with Gasteiger partial charge in [-0.25, -0.2) is 9.18 Å². The molecule has 2 saturated heterocycles. The fourth-order valence-electron chi connectivity index (χ4n) is 4.50. The lowest BCUT2D eigenvalue weighted by atomic mass is 10.1. The predicted molar refractivity (Wildman–Crippen MR) is 126 cm³/mol. The number of carbonyl (C=O) groups is 1. The molecule has 2 aliphatic rings. The Hall–Kier alpha value is -3.39. The highest BCUT2D eigenvalue weighted by Gasteiger charge is 2.37. The quantitative estimate of drug-likeness (QED) is 0.440. The average molecular weight is 451 g/mol. The van der Waals surface area contributed by atoms with Gasteiger partial charge in [-0.15, -0.1) is 0 Å². The van der Waals surface area contributed by atoms with Gasteiger partial charge in [0.15, 0.2) is 0 Å². The van der Waals surface area contributed by atoms with E-state index in [4.69, 9.17) is 4.74 Å². The Morgan fingerprint density at radius 2 is 1.85 bits per heavy atom. The van der Waals surface area contributed by atoms with E-state index < -0.39 is 17.2 Å². The SMILES string of the molecule is CCOC(=O)c1cn(N2CC2c2ccccc2)c2cc(N3CCN(C)CC3)c(F)cc2c1=O. The number of nitrogens with zero attached hydrogens (tertiary/aromatic N) is 4. The second kappa shape index (κ2) is 8.51. The van der Waals surface area contributed by atoms with Gasteiger partial charge in [0, 0.05) is 32.4 Å². The molecule has 0 saturated carbocycles. The number of carbonyl (C=O) groups excluding carboxylic acids is 1. The fraction of sp³-hybridized carbons (Fsp3) is 0.360. The van der Waals surface area contributed by atoms with Crippen molar-refractivity contribution in [2.45, 2.75) is 13.0 Å². The Morgan fingerprint density at radius 1 is 1.12 bits per heavy atom. The van der Waals surface area contributed by atoms with Crippen LogP contribution in [0.4, 0.5) is 10.1 Å². The van der Waals surface area contributed by atoms with Crippen molar-refractivity contribution >= 4 is 22.6 Å². The summed E-state index contributed by atoms with van der Waals surface area (Å²) in [5.74, 6) is -1.15. The van der Waals surface area contributed by atoms with Crippen LogP contribution in [0.3, 0.4) is 0 Å². The molecule has 0 amide bonds. The van der Waals surface area contributed by atoms with Crippen LogP contribution in [0.25, 0.3) is 10.9 Å². The van der Waals surface area contributed by atoms with E-state index in [0.717, 1.165) is 25.2 Å². The van der Waals surface area contributed by atoms with Crippen molar-refractivity contribution in [1.82, 2.24) is 9.58 Å². The molecule has 33 heavy (non-hydrogen) atoms. The lowest BCUT2D eigenvalue weighted by molar-refractivity contribution is 0.0524. The van der Waals surface area contributed by atoms with Gasteiger partial charge in [0.25, 0.3) is 0 Å². The van der Waals surface area contributed by atoms with E-state index in [9.17, 15) is 9.59 Å². The molecule has 0 bridgehead atoms. The Bertz CT molecular complexity index is 1250. The van der Waals surface area contributed by atoms with Crippen molar-refractivity contribution < 1.29 is 13.9 Å². The van der Waals surface area contributed by atoms with Gasteiger partial charge in [0.05, 0.1) is 35.8 Å². The van der Waals surface area contributed by atoms with E-state index in [0.29, 0.717) is 24.3 Å². The molecule has 8 heteroatoms. The zero-order chi connectivity index (χ0) is 23.1. The first-order chi connectivity index (χ1) is 16.0. The molecule has 3 heterocycles. The van der Waals surface area contributed by atoms with Crippen LogP contribution in [0.2, 0.25) is 0 Å². The molecule has 2 fully saturated rings. The molecule has 1 aromatic heterocycles. The van der Waals surface area contributed by atoms with Crippen LogP contribution in [-0.4, -0.2) is 61.9 Å². The molecule has 5 rings (SSSR count). The van der Waals surface area contributed by atoms with E-state index >= 15 is 4.39 Å². The molecule has 172 valence electrons. The number of hydrogen-bond donors (Lipinski definition) is 0.